The minimum absolute atomic E-state index is 0.0397. The number of anilines is 2. The molecule has 16 heavy (non-hydrogen) atoms. The predicted molar refractivity (Wildman–Crippen MR) is 64.9 cm³/mol. The number of nitrogens with zero attached hydrogens (tertiary/aromatic N) is 1. The molecule has 88 valence electrons. The van der Waals surface area contributed by atoms with Crippen LogP contribution in [-0.2, 0) is 10.8 Å². The zero-order valence-corrected chi connectivity index (χ0v) is 9.62. The third kappa shape index (κ3) is 3.50. The maximum Gasteiger partial charge on any atom is 0.271 e. The Kier molecular flexibility index (Phi) is 4.24. The van der Waals surface area contributed by atoms with Gasteiger partial charge in [-0.15, -0.1) is 0 Å². The maximum absolute atomic E-state index is 10.8. The lowest BCUT2D eigenvalue weighted by Gasteiger charge is -2.07. The molecule has 0 aliphatic rings. The molecule has 0 radical (unpaired) electrons. The Morgan fingerprint density at radius 1 is 1.56 bits per heavy atom. The molecule has 1 aromatic carbocycles. The number of hydrogen-bond acceptors (Lipinski definition) is 5. The van der Waals surface area contributed by atoms with Gasteiger partial charge in [0.15, 0.2) is 0 Å². The first-order valence-electron chi connectivity index (χ1n) is 4.58. The lowest BCUT2D eigenvalue weighted by atomic mass is 10.2. The van der Waals surface area contributed by atoms with E-state index in [1.807, 2.05) is 0 Å². The number of rotatable bonds is 5. The summed E-state index contributed by atoms with van der Waals surface area (Å²) in [7, 11) is -0.869. The number of nitro benzene ring substituents is 1. The molecule has 0 aliphatic carbocycles. The maximum atomic E-state index is 10.8. The number of nitrogens with one attached hydrogen (secondary N) is 1. The van der Waals surface area contributed by atoms with Gasteiger partial charge in [0.05, 0.1) is 16.3 Å². The number of nitrogen functional groups attached to an aromatic ring is 1. The summed E-state index contributed by atoms with van der Waals surface area (Å²) in [6.45, 7) is 0.519. The lowest BCUT2D eigenvalue weighted by molar-refractivity contribution is -0.384. The number of nitrogens with two attached hydrogens (primary N) is 1. The minimum atomic E-state index is -0.869. The zero-order chi connectivity index (χ0) is 12.1. The van der Waals surface area contributed by atoms with Gasteiger partial charge in [0.25, 0.3) is 5.69 Å². The number of non-ortho nitro benzene ring substituents is 1. The molecule has 1 rings (SSSR count). The summed E-state index contributed by atoms with van der Waals surface area (Å²) < 4.78 is 10.8. The van der Waals surface area contributed by atoms with Gasteiger partial charge in [-0.25, -0.2) is 0 Å². The van der Waals surface area contributed by atoms with Crippen molar-refractivity contribution in [1.29, 1.82) is 0 Å². The molecule has 0 heterocycles. The van der Waals surface area contributed by atoms with Crippen LogP contribution in [0.3, 0.4) is 0 Å². The molecule has 0 saturated heterocycles. The normalized spacial score (nSPS) is 12.1. The summed E-state index contributed by atoms with van der Waals surface area (Å²) in [4.78, 5) is 9.96. The molecule has 7 heteroatoms. The van der Waals surface area contributed by atoms with Gasteiger partial charge < -0.3 is 11.1 Å². The second kappa shape index (κ2) is 5.45. The number of benzene rings is 1. The van der Waals surface area contributed by atoms with E-state index in [1.54, 1.807) is 12.3 Å². The van der Waals surface area contributed by atoms with E-state index in [0.717, 1.165) is 0 Å². The highest BCUT2D eigenvalue weighted by atomic mass is 32.2. The van der Waals surface area contributed by atoms with Crippen LogP contribution in [0, 0.1) is 10.1 Å². The Morgan fingerprint density at radius 2 is 2.25 bits per heavy atom. The van der Waals surface area contributed by atoms with Crippen molar-refractivity contribution in [3.63, 3.8) is 0 Å². The van der Waals surface area contributed by atoms with Crippen LogP contribution in [-0.4, -0.2) is 27.7 Å². The van der Waals surface area contributed by atoms with Crippen molar-refractivity contribution in [2.24, 2.45) is 0 Å². The average Bonchev–Trinajstić information content (AvgIpc) is 2.19. The molecular weight excluding hydrogens is 230 g/mol. The summed E-state index contributed by atoms with van der Waals surface area (Å²) in [5.41, 5.74) is 6.53. The average molecular weight is 243 g/mol. The Balaban J connectivity index is 2.68. The molecule has 1 atom stereocenters. The Labute approximate surface area is 95.4 Å². The summed E-state index contributed by atoms with van der Waals surface area (Å²) in [6, 6.07) is 4.22. The first kappa shape index (κ1) is 12.4. The molecule has 0 bridgehead atoms. The van der Waals surface area contributed by atoms with Gasteiger partial charge >= 0.3 is 0 Å². The molecule has 0 aromatic heterocycles. The summed E-state index contributed by atoms with van der Waals surface area (Å²) in [6.07, 6.45) is 1.61. The molecule has 3 N–H and O–H groups in total. The van der Waals surface area contributed by atoms with Gasteiger partial charge in [-0.05, 0) is 6.07 Å². The Morgan fingerprint density at radius 3 is 2.75 bits per heavy atom. The van der Waals surface area contributed by atoms with E-state index in [1.165, 1.54) is 12.1 Å². The van der Waals surface area contributed by atoms with Crippen molar-refractivity contribution in [3.8, 4) is 0 Å². The van der Waals surface area contributed by atoms with E-state index in [2.05, 4.69) is 5.32 Å². The quantitative estimate of drug-likeness (QED) is 0.456. The van der Waals surface area contributed by atoms with E-state index in [9.17, 15) is 14.3 Å². The van der Waals surface area contributed by atoms with Gasteiger partial charge in [-0.2, -0.15) is 0 Å². The Hall–Kier alpha value is -1.63. The molecule has 0 saturated carbocycles. The number of hydrogen-bond donors (Lipinski definition) is 2. The third-order valence-electron chi connectivity index (χ3n) is 1.95. The molecule has 0 amide bonds. The standard InChI is InChI=1S/C9H13N3O3S/c1-16(15)5-4-11-9-3-2-7(12(13)14)6-8(9)10/h2-3,6,11H,4-5,10H2,1H3. The van der Waals surface area contributed by atoms with Crippen LogP contribution < -0.4 is 11.1 Å². The van der Waals surface area contributed by atoms with Crippen LogP contribution in [0.25, 0.3) is 0 Å². The highest BCUT2D eigenvalue weighted by molar-refractivity contribution is 7.84. The van der Waals surface area contributed by atoms with E-state index in [0.29, 0.717) is 23.7 Å². The zero-order valence-electron chi connectivity index (χ0n) is 8.80. The van der Waals surface area contributed by atoms with Gasteiger partial charge in [0, 0.05) is 41.5 Å². The van der Waals surface area contributed by atoms with Crippen LogP contribution in [0.4, 0.5) is 17.1 Å². The van der Waals surface area contributed by atoms with E-state index in [-0.39, 0.29) is 5.69 Å². The van der Waals surface area contributed by atoms with Crippen molar-refractivity contribution in [2.45, 2.75) is 0 Å². The van der Waals surface area contributed by atoms with Crippen molar-refractivity contribution in [3.05, 3.63) is 28.3 Å². The predicted octanol–water partition coefficient (Wildman–Crippen LogP) is 0.967. The smallest absolute Gasteiger partial charge is 0.271 e. The fourth-order valence-corrected chi connectivity index (χ4v) is 1.54. The van der Waals surface area contributed by atoms with Gasteiger partial charge in [0.1, 0.15) is 0 Å². The van der Waals surface area contributed by atoms with Crippen LogP contribution in [0.15, 0.2) is 18.2 Å². The molecular formula is C9H13N3O3S. The number of nitro groups is 1. The monoisotopic (exact) mass is 243 g/mol. The van der Waals surface area contributed by atoms with E-state index < -0.39 is 15.7 Å². The highest BCUT2D eigenvalue weighted by Crippen LogP contribution is 2.23. The van der Waals surface area contributed by atoms with Crippen molar-refractivity contribution >= 4 is 27.9 Å². The summed E-state index contributed by atoms with van der Waals surface area (Å²) in [5.74, 6) is 0.510. The Bertz CT molecular complexity index is 422. The highest BCUT2D eigenvalue weighted by Gasteiger charge is 2.08. The fourth-order valence-electron chi connectivity index (χ4n) is 1.15. The van der Waals surface area contributed by atoms with Crippen LogP contribution in [0.2, 0.25) is 0 Å². The molecule has 0 spiro atoms. The summed E-state index contributed by atoms with van der Waals surface area (Å²) in [5, 5.41) is 13.4. The minimum Gasteiger partial charge on any atom is -0.397 e. The fraction of sp³-hybridized carbons (Fsp3) is 0.333. The van der Waals surface area contributed by atoms with Gasteiger partial charge in [0.2, 0.25) is 0 Å². The topological polar surface area (TPSA) is 98.3 Å². The molecule has 1 aromatic rings. The largest absolute Gasteiger partial charge is 0.397 e. The second-order valence-corrected chi connectivity index (χ2v) is 4.79. The van der Waals surface area contributed by atoms with Gasteiger partial charge in [-0.1, -0.05) is 0 Å². The molecule has 6 nitrogen and oxygen atoms in total. The third-order valence-corrected chi connectivity index (χ3v) is 2.73. The van der Waals surface area contributed by atoms with Crippen molar-refractivity contribution < 1.29 is 9.13 Å². The molecule has 0 fully saturated rings. The molecule has 1 unspecified atom stereocenters. The molecule has 0 aliphatic heterocycles. The van der Waals surface area contributed by atoms with Crippen LogP contribution in [0.5, 0.6) is 0 Å². The lowest BCUT2D eigenvalue weighted by Crippen LogP contribution is -2.11. The first-order valence-corrected chi connectivity index (χ1v) is 6.31. The summed E-state index contributed by atoms with van der Waals surface area (Å²) >= 11 is 0. The SMILES string of the molecule is CS(=O)CCNc1ccc([N+](=O)[O-])cc1N. The first-order chi connectivity index (χ1) is 7.50. The van der Waals surface area contributed by atoms with Crippen molar-refractivity contribution in [2.75, 3.05) is 29.6 Å². The van der Waals surface area contributed by atoms with Crippen molar-refractivity contribution in [1.82, 2.24) is 0 Å². The van der Waals surface area contributed by atoms with Crippen LogP contribution >= 0.6 is 0 Å². The second-order valence-electron chi connectivity index (χ2n) is 3.23. The van der Waals surface area contributed by atoms with Gasteiger partial charge in [-0.3, -0.25) is 14.3 Å². The van der Waals surface area contributed by atoms with E-state index in [4.69, 9.17) is 5.73 Å². The van der Waals surface area contributed by atoms with E-state index >= 15 is 0 Å². The van der Waals surface area contributed by atoms with Crippen LogP contribution in [0.1, 0.15) is 0 Å².